The Morgan fingerprint density at radius 1 is 1.05 bits per heavy atom. The first-order valence-electron chi connectivity index (χ1n) is 8.95. The second-order valence-electron chi connectivity index (χ2n) is 6.99. The highest BCUT2D eigenvalue weighted by molar-refractivity contribution is 14.0. The highest BCUT2D eigenvalue weighted by Gasteiger charge is 2.26. The van der Waals surface area contributed by atoms with Crippen molar-refractivity contribution in [2.45, 2.75) is 69.9 Å². The number of nitrogens with zero attached hydrogens (tertiary/aromatic N) is 2. The van der Waals surface area contributed by atoms with Crippen molar-refractivity contribution < 1.29 is 4.74 Å². The fraction of sp³-hybridized carbons (Fsp3) is 0.941. The molecular formula is C17H32IN3O. The molecule has 0 spiro atoms. The molecule has 1 saturated heterocycles. The molecule has 22 heavy (non-hydrogen) atoms. The number of aliphatic imine (C=N–C) groups is 1. The molecule has 0 unspecified atom stereocenters. The Bertz CT molecular complexity index is 346. The van der Waals surface area contributed by atoms with Gasteiger partial charge in [0.1, 0.15) is 0 Å². The number of hydrogen-bond acceptors (Lipinski definition) is 2. The summed E-state index contributed by atoms with van der Waals surface area (Å²) in [6, 6.07) is 0.667. The van der Waals surface area contributed by atoms with Gasteiger partial charge in [-0.2, -0.15) is 0 Å². The summed E-state index contributed by atoms with van der Waals surface area (Å²) in [5.41, 5.74) is 0. The Labute approximate surface area is 152 Å². The van der Waals surface area contributed by atoms with E-state index < -0.39 is 0 Å². The van der Waals surface area contributed by atoms with Gasteiger partial charge < -0.3 is 15.0 Å². The summed E-state index contributed by atoms with van der Waals surface area (Å²) in [6.07, 6.45) is 12.4. The van der Waals surface area contributed by atoms with Gasteiger partial charge in [0.25, 0.3) is 0 Å². The molecule has 0 aromatic rings. The molecule has 4 nitrogen and oxygen atoms in total. The molecule has 0 atom stereocenters. The Kier molecular flexibility index (Phi) is 7.74. The molecule has 3 aliphatic rings. The summed E-state index contributed by atoms with van der Waals surface area (Å²) >= 11 is 0. The van der Waals surface area contributed by atoms with E-state index in [1.807, 2.05) is 7.05 Å². The van der Waals surface area contributed by atoms with Gasteiger partial charge in [0.15, 0.2) is 5.96 Å². The van der Waals surface area contributed by atoms with Gasteiger partial charge in [-0.05, 0) is 50.9 Å². The van der Waals surface area contributed by atoms with Crippen LogP contribution in [0.4, 0.5) is 0 Å². The Morgan fingerprint density at radius 2 is 1.73 bits per heavy atom. The number of likely N-dealkylation sites (tertiary alicyclic amines) is 1. The molecule has 2 aliphatic carbocycles. The van der Waals surface area contributed by atoms with Crippen LogP contribution in [0.15, 0.2) is 4.99 Å². The highest BCUT2D eigenvalue weighted by Crippen LogP contribution is 2.26. The van der Waals surface area contributed by atoms with E-state index in [2.05, 4.69) is 15.2 Å². The predicted molar refractivity (Wildman–Crippen MR) is 102 cm³/mol. The van der Waals surface area contributed by atoms with Crippen molar-refractivity contribution in [3.05, 3.63) is 0 Å². The molecule has 128 valence electrons. The van der Waals surface area contributed by atoms with E-state index in [9.17, 15) is 0 Å². The second kappa shape index (κ2) is 9.30. The van der Waals surface area contributed by atoms with Gasteiger partial charge in [0, 0.05) is 32.8 Å². The third kappa shape index (κ3) is 4.98. The molecule has 0 amide bonds. The van der Waals surface area contributed by atoms with E-state index in [-0.39, 0.29) is 24.0 Å². The van der Waals surface area contributed by atoms with Gasteiger partial charge in [-0.3, -0.25) is 4.99 Å². The van der Waals surface area contributed by atoms with Crippen LogP contribution in [-0.4, -0.2) is 49.7 Å². The van der Waals surface area contributed by atoms with E-state index in [0.29, 0.717) is 12.1 Å². The number of hydrogen-bond donors (Lipinski definition) is 1. The minimum atomic E-state index is 0. The Morgan fingerprint density at radius 3 is 2.27 bits per heavy atom. The zero-order valence-corrected chi connectivity index (χ0v) is 16.3. The van der Waals surface area contributed by atoms with E-state index in [1.165, 1.54) is 44.9 Å². The zero-order valence-electron chi connectivity index (χ0n) is 13.9. The van der Waals surface area contributed by atoms with Crippen LogP contribution in [0.5, 0.6) is 0 Å². The molecule has 0 radical (unpaired) electrons. The van der Waals surface area contributed by atoms with E-state index >= 15 is 0 Å². The molecule has 1 N–H and O–H groups in total. The van der Waals surface area contributed by atoms with Gasteiger partial charge in [-0.1, -0.05) is 12.8 Å². The number of nitrogens with one attached hydrogen (secondary N) is 1. The minimum Gasteiger partial charge on any atom is -0.378 e. The number of rotatable bonds is 4. The first kappa shape index (κ1) is 18.3. The molecule has 3 fully saturated rings. The normalized spacial score (nSPS) is 25.0. The van der Waals surface area contributed by atoms with E-state index in [0.717, 1.165) is 44.4 Å². The van der Waals surface area contributed by atoms with Crippen molar-refractivity contribution >= 4 is 29.9 Å². The smallest absolute Gasteiger partial charge is 0.193 e. The molecule has 5 heteroatoms. The SMILES string of the molecule is CN=C(NC1CCC1)N1CCC(OCC2CCCC2)CC1.I. The van der Waals surface area contributed by atoms with Crippen LogP contribution < -0.4 is 5.32 Å². The largest absolute Gasteiger partial charge is 0.378 e. The summed E-state index contributed by atoms with van der Waals surface area (Å²) < 4.78 is 6.16. The fourth-order valence-electron chi connectivity index (χ4n) is 3.72. The monoisotopic (exact) mass is 421 g/mol. The molecular weight excluding hydrogens is 389 g/mol. The van der Waals surface area contributed by atoms with Crippen LogP contribution in [0.1, 0.15) is 57.8 Å². The van der Waals surface area contributed by atoms with Crippen LogP contribution in [0, 0.1) is 5.92 Å². The average Bonchev–Trinajstić information content (AvgIpc) is 2.98. The third-order valence-corrected chi connectivity index (χ3v) is 5.43. The fourth-order valence-corrected chi connectivity index (χ4v) is 3.72. The summed E-state index contributed by atoms with van der Waals surface area (Å²) in [5.74, 6) is 1.95. The lowest BCUT2D eigenvalue weighted by Gasteiger charge is -2.37. The Balaban J connectivity index is 0.00000176. The molecule has 0 aromatic carbocycles. The van der Waals surface area contributed by atoms with Crippen LogP contribution in [-0.2, 0) is 4.74 Å². The van der Waals surface area contributed by atoms with Gasteiger partial charge in [-0.15, -0.1) is 24.0 Å². The van der Waals surface area contributed by atoms with Crippen molar-refractivity contribution in [1.29, 1.82) is 0 Å². The standard InChI is InChI=1S/C17H31N3O.HI/c1-18-17(19-15-7-4-8-15)20-11-9-16(10-12-20)21-13-14-5-2-3-6-14;/h14-16H,2-13H2,1H3,(H,18,19);1H. The number of piperidine rings is 1. The van der Waals surface area contributed by atoms with Crippen LogP contribution in [0.2, 0.25) is 0 Å². The van der Waals surface area contributed by atoms with Crippen molar-refractivity contribution in [2.24, 2.45) is 10.9 Å². The Hall–Kier alpha value is -0.0400. The van der Waals surface area contributed by atoms with Crippen LogP contribution in [0.3, 0.4) is 0 Å². The summed E-state index contributed by atoms with van der Waals surface area (Å²) in [4.78, 5) is 6.87. The van der Waals surface area contributed by atoms with Crippen molar-refractivity contribution in [3.63, 3.8) is 0 Å². The quantitative estimate of drug-likeness (QED) is 0.430. The topological polar surface area (TPSA) is 36.9 Å². The summed E-state index contributed by atoms with van der Waals surface area (Å²) in [5, 5.41) is 3.60. The maximum absolute atomic E-state index is 6.16. The predicted octanol–water partition coefficient (Wildman–Crippen LogP) is 3.40. The summed E-state index contributed by atoms with van der Waals surface area (Å²) in [6.45, 7) is 3.17. The van der Waals surface area contributed by atoms with Gasteiger partial charge in [0.2, 0.25) is 0 Å². The van der Waals surface area contributed by atoms with Crippen LogP contribution in [0.25, 0.3) is 0 Å². The van der Waals surface area contributed by atoms with Crippen molar-refractivity contribution in [2.75, 3.05) is 26.7 Å². The third-order valence-electron chi connectivity index (χ3n) is 5.43. The number of ether oxygens (including phenoxy) is 1. The van der Waals surface area contributed by atoms with E-state index in [4.69, 9.17) is 4.74 Å². The maximum atomic E-state index is 6.16. The number of halogens is 1. The van der Waals surface area contributed by atoms with Crippen molar-refractivity contribution in [3.8, 4) is 0 Å². The molecule has 0 bridgehead atoms. The first-order valence-corrected chi connectivity index (χ1v) is 8.95. The first-order chi connectivity index (χ1) is 10.3. The number of guanidine groups is 1. The summed E-state index contributed by atoms with van der Waals surface area (Å²) in [7, 11) is 1.91. The van der Waals surface area contributed by atoms with Gasteiger partial charge >= 0.3 is 0 Å². The molecule has 3 rings (SSSR count). The highest BCUT2D eigenvalue weighted by atomic mass is 127. The average molecular weight is 421 g/mol. The molecule has 1 heterocycles. The van der Waals surface area contributed by atoms with Gasteiger partial charge in [-0.25, -0.2) is 0 Å². The maximum Gasteiger partial charge on any atom is 0.193 e. The second-order valence-corrected chi connectivity index (χ2v) is 6.99. The minimum absolute atomic E-state index is 0. The van der Waals surface area contributed by atoms with E-state index in [1.54, 1.807) is 0 Å². The molecule has 1 aliphatic heterocycles. The molecule has 0 aromatic heterocycles. The lowest BCUT2D eigenvalue weighted by atomic mass is 9.93. The van der Waals surface area contributed by atoms with Crippen LogP contribution >= 0.6 is 24.0 Å². The van der Waals surface area contributed by atoms with Crippen molar-refractivity contribution in [1.82, 2.24) is 10.2 Å². The lowest BCUT2D eigenvalue weighted by molar-refractivity contribution is 0.000871. The lowest BCUT2D eigenvalue weighted by Crippen LogP contribution is -2.51. The zero-order chi connectivity index (χ0) is 14.5. The van der Waals surface area contributed by atoms with Gasteiger partial charge in [0.05, 0.1) is 6.10 Å². The molecule has 2 saturated carbocycles.